The van der Waals surface area contributed by atoms with Gasteiger partial charge in [0, 0.05) is 19.5 Å². The third-order valence-electron chi connectivity index (χ3n) is 4.25. The molecule has 1 heterocycles. The molecule has 1 aliphatic rings. The van der Waals surface area contributed by atoms with Crippen LogP contribution in [-0.4, -0.2) is 41.0 Å². The van der Waals surface area contributed by atoms with Crippen LogP contribution in [0.4, 0.5) is 0 Å². The smallest absolute Gasteiger partial charge is 0.233 e. The van der Waals surface area contributed by atoms with Crippen LogP contribution in [0.25, 0.3) is 0 Å². The summed E-state index contributed by atoms with van der Waals surface area (Å²) in [7, 11) is 0. The highest BCUT2D eigenvalue weighted by molar-refractivity contribution is 5.79. The Morgan fingerprint density at radius 1 is 1.33 bits per heavy atom. The summed E-state index contributed by atoms with van der Waals surface area (Å²) in [6, 6.07) is 10.2. The molecule has 5 heteroatoms. The molecule has 1 aromatic rings. The molecule has 0 bridgehead atoms. The lowest BCUT2D eigenvalue weighted by molar-refractivity contribution is -0.216. The first-order chi connectivity index (χ1) is 11.3. The zero-order valence-corrected chi connectivity index (χ0v) is 15.1. The van der Waals surface area contributed by atoms with Crippen LogP contribution >= 0.6 is 0 Å². The van der Waals surface area contributed by atoms with Gasteiger partial charge in [-0.3, -0.25) is 14.4 Å². The molecular weight excluding hydrogens is 304 g/mol. The highest BCUT2D eigenvalue weighted by Crippen LogP contribution is 2.30. The predicted octanol–water partition coefficient (Wildman–Crippen LogP) is 3.17. The van der Waals surface area contributed by atoms with Gasteiger partial charge in [0.15, 0.2) is 0 Å². The van der Waals surface area contributed by atoms with E-state index in [1.54, 1.807) is 0 Å². The Kier molecular flexibility index (Phi) is 5.99. The maximum atomic E-state index is 12.4. The molecule has 1 saturated heterocycles. The van der Waals surface area contributed by atoms with Crippen LogP contribution < -0.4 is 0 Å². The minimum Gasteiger partial charge on any atom is -0.336 e. The number of nitrogens with zero attached hydrogens (tertiary/aromatic N) is 2. The van der Waals surface area contributed by atoms with Gasteiger partial charge in [-0.05, 0) is 45.6 Å². The molecule has 0 spiro atoms. The second kappa shape index (κ2) is 7.79. The average Bonchev–Trinajstić information content (AvgIpc) is 2.91. The van der Waals surface area contributed by atoms with Gasteiger partial charge in [-0.25, -0.2) is 5.06 Å². The Morgan fingerprint density at radius 3 is 2.58 bits per heavy atom. The molecule has 132 valence electrons. The maximum Gasteiger partial charge on any atom is 0.233 e. The molecule has 0 radical (unpaired) electrons. The zero-order valence-electron chi connectivity index (χ0n) is 15.1. The number of carbonyl (C=O) groups is 2. The van der Waals surface area contributed by atoms with E-state index in [2.05, 4.69) is 19.1 Å². The summed E-state index contributed by atoms with van der Waals surface area (Å²) >= 11 is 0. The molecule has 2 atom stereocenters. The highest BCUT2D eigenvalue weighted by Gasteiger charge is 2.33. The standard InChI is InChI=1S/C19H28N2O3/c1-15(17-8-6-5-7-9-17)21-13-16(12-18(21)23)10-11-20(14-22)24-19(2,3)4/h5-9,14-16H,10-13H2,1-4H3/t15?,16-/m0/s1. The molecule has 1 unspecified atom stereocenters. The van der Waals surface area contributed by atoms with Crippen molar-refractivity contribution < 1.29 is 14.4 Å². The van der Waals surface area contributed by atoms with Gasteiger partial charge >= 0.3 is 0 Å². The van der Waals surface area contributed by atoms with Gasteiger partial charge in [-0.2, -0.15) is 0 Å². The molecule has 0 N–H and O–H groups in total. The maximum absolute atomic E-state index is 12.4. The normalized spacial score (nSPS) is 19.4. The third-order valence-corrected chi connectivity index (χ3v) is 4.25. The van der Waals surface area contributed by atoms with E-state index in [-0.39, 0.29) is 17.9 Å². The molecule has 1 aromatic carbocycles. The summed E-state index contributed by atoms with van der Waals surface area (Å²) in [4.78, 5) is 31.0. The molecule has 5 nitrogen and oxygen atoms in total. The van der Waals surface area contributed by atoms with Crippen molar-refractivity contribution >= 4 is 12.3 Å². The van der Waals surface area contributed by atoms with Crippen LogP contribution in [-0.2, 0) is 14.4 Å². The molecule has 2 amide bonds. The number of hydrogen-bond acceptors (Lipinski definition) is 3. The SMILES string of the molecule is CC(c1ccccc1)N1C[C@@H](CCN(C=O)OC(C)(C)C)CC1=O. The van der Waals surface area contributed by atoms with Crippen molar-refractivity contribution in [2.75, 3.05) is 13.1 Å². The minimum atomic E-state index is -0.403. The second-order valence-corrected chi connectivity index (χ2v) is 7.44. The first-order valence-corrected chi connectivity index (χ1v) is 8.55. The topological polar surface area (TPSA) is 49.9 Å². The van der Waals surface area contributed by atoms with Crippen LogP contribution in [0, 0.1) is 5.92 Å². The van der Waals surface area contributed by atoms with Gasteiger partial charge in [-0.1, -0.05) is 30.3 Å². The number of rotatable bonds is 7. The minimum absolute atomic E-state index is 0.0803. The van der Waals surface area contributed by atoms with Gasteiger partial charge < -0.3 is 4.90 Å². The molecule has 0 saturated carbocycles. The lowest BCUT2D eigenvalue weighted by Gasteiger charge is -2.28. The Hall–Kier alpha value is -1.88. The van der Waals surface area contributed by atoms with Crippen molar-refractivity contribution in [3.8, 4) is 0 Å². The largest absolute Gasteiger partial charge is 0.336 e. The number of carbonyl (C=O) groups excluding carboxylic acids is 2. The van der Waals surface area contributed by atoms with Crippen molar-refractivity contribution in [3.63, 3.8) is 0 Å². The Balaban J connectivity index is 1.89. The molecule has 0 aromatic heterocycles. The summed E-state index contributed by atoms with van der Waals surface area (Å²) in [5.41, 5.74) is 0.748. The number of amides is 2. The van der Waals surface area contributed by atoms with Crippen molar-refractivity contribution in [1.82, 2.24) is 9.96 Å². The summed E-state index contributed by atoms with van der Waals surface area (Å²) < 4.78 is 0. The van der Waals surface area contributed by atoms with Gasteiger partial charge in [0.25, 0.3) is 0 Å². The van der Waals surface area contributed by atoms with E-state index >= 15 is 0 Å². The van der Waals surface area contributed by atoms with E-state index in [9.17, 15) is 9.59 Å². The van der Waals surface area contributed by atoms with E-state index in [4.69, 9.17) is 4.84 Å². The Morgan fingerprint density at radius 2 is 2.00 bits per heavy atom. The van der Waals surface area contributed by atoms with Crippen LogP contribution in [0.3, 0.4) is 0 Å². The molecule has 1 fully saturated rings. The van der Waals surface area contributed by atoms with Gasteiger partial charge in [0.2, 0.25) is 12.3 Å². The van der Waals surface area contributed by atoms with Crippen LogP contribution in [0.1, 0.15) is 52.1 Å². The van der Waals surface area contributed by atoms with E-state index in [0.29, 0.717) is 19.4 Å². The fourth-order valence-corrected chi connectivity index (χ4v) is 3.07. The second-order valence-electron chi connectivity index (χ2n) is 7.44. The van der Waals surface area contributed by atoms with Gasteiger partial charge in [0.1, 0.15) is 0 Å². The fraction of sp³-hybridized carbons (Fsp3) is 0.579. The van der Waals surface area contributed by atoms with E-state index in [1.165, 1.54) is 5.06 Å². The lowest BCUT2D eigenvalue weighted by Crippen LogP contribution is -2.34. The number of benzene rings is 1. The zero-order chi connectivity index (χ0) is 17.7. The lowest BCUT2D eigenvalue weighted by atomic mass is 10.0. The van der Waals surface area contributed by atoms with Crippen molar-refractivity contribution in [3.05, 3.63) is 35.9 Å². The number of hydroxylamine groups is 2. The Bertz CT molecular complexity index is 553. The van der Waals surface area contributed by atoms with Crippen molar-refractivity contribution in [1.29, 1.82) is 0 Å². The van der Waals surface area contributed by atoms with Crippen molar-refractivity contribution in [2.24, 2.45) is 5.92 Å². The van der Waals surface area contributed by atoms with Crippen LogP contribution in [0.5, 0.6) is 0 Å². The van der Waals surface area contributed by atoms with Crippen LogP contribution in [0.15, 0.2) is 30.3 Å². The van der Waals surface area contributed by atoms with E-state index < -0.39 is 5.60 Å². The fourth-order valence-electron chi connectivity index (χ4n) is 3.07. The molecular formula is C19H28N2O3. The highest BCUT2D eigenvalue weighted by atomic mass is 16.7. The summed E-state index contributed by atoms with van der Waals surface area (Å²) in [6.07, 6.45) is 2.02. The number of likely N-dealkylation sites (tertiary alicyclic amines) is 1. The van der Waals surface area contributed by atoms with E-state index in [0.717, 1.165) is 18.5 Å². The van der Waals surface area contributed by atoms with Gasteiger partial charge in [-0.15, -0.1) is 0 Å². The Labute approximate surface area is 144 Å². The van der Waals surface area contributed by atoms with Crippen LogP contribution in [0.2, 0.25) is 0 Å². The summed E-state index contributed by atoms with van der Waals surface area (Å²) in [5.74, 6) is 0.445. The first-order valence-electron chi connectivity index (χ1n) is 8.55. The monoisotopic (exact) mass is 332 g/mol. The van der Waals surface area contributed by atoms with Gasteiger partial charge in [0.05, 0.1) is 11.6 Å². The molecule has 1 aliphatic heterocycles. The quantitative estimate of drug-likeness (QED) is 0.569. The first kappa shape index (κ1) is 18.5. The predicted molar refractivity (Wildman–Crippen MR) is 92.9 cm³/mol. The third kappa shape index (κ3) is 5.06. The molecule has 0 aliphatic carbocycles. The summed E-state index contributed by atoms with van der Waals surface area (Å²) in [5, 5.41) is 1.34. The van der Waals surface area contributed by atoms with E-state index in [1.807, 2.05) is 43.9 Å². The average molecular weight is 332 g/mol. The molecule has 24 heavy (non-hydrogen) atoms. The molecule has 2 rings (SSSR count). The summed E-state index contributed by atoms with van der Waals surface area (Å²) in [6.45, 7) is 9.03. The van der Waals surface area contributed by atoms with Crippen molar-refractivity contribution in [2.45, 2.75) is 52.2 Å². The number of hydrogen-bond donors (Lipinski definition) is 0.